The quantitative estimate of drug-likeness (QED) is 0.574. The first-order valence-corrected chi connectivity index (χ1v) is 7.11. The van der Waals surface area contributed by atoms with Crippen LogP contribution in [0.5, 0.6) is 0 Å². The van der Waals surface area contributed by atoms with Crippen molar-refractivity contribution in [1.29, 1.82) is 0 Å². The summed E-state index contributed by atoms with van der Waals surface area (Å²) in [5.74, 6) is -1.27. The SMILES string of the molecule is COC(=O)[C@@]1(CCC(C)=O)CN(C(=O)OC(C)(C)C)CC1=O. The molecule has 22 heavy (non-hydrogen) atoms. The van der Waals surface area contributed by atoms with Gasteiger partial charge in [-0.25, -0.2) is 4.79 Å². The van der Waals surface area contributed by atoms with Crippen molar-refractivity contribution < 1.29 is 28.7 Å². The average molecular weight is 313 g/mol. The Labute approximate surface area is 129 Å². The lowest BCUT2D eigenvalue weighted by Crippen LogP contribution is -2.42. The molecule has 1 rings (SSSR count). The van der Waals surface area contributed by atoms with Crippen LogP contribution in [0.4, 0.5) is 4.79 Å². The summed E-state index contributed by atoms with van der Waals surface area (Å²) >= 11 is 0. The molecule has 0 radical (unpaired) electrons. The third-order valence-corrected chi connectivity index (χ3v) is 3.46. The zero-order valence-electron chi connectivity index (χ0n) is 13.7. The highest BCUT2D eigenvalue weighted by molar-refractivity contribution is 6.08. The Kier molecular flexibility index (Phi) is 5.32. The van der Waals surface area contributed by atoms with Gasteiger partial charge in [0.2, 0.25) is 0 Å². The number of hydrogen-bond donors (Lipinski definition) is 0. The van der Waals surface area contributed by atoms with Gasteiger partial charge >= 0.3 is 12.1 Å². The molecule has 0 aromatic carbocycles. The zero-order chi connectivity index (χ0) is 17.1. The summed E-state index contributed by atoms with van der Waals surface area (Å²) < 4.78 is 9.94. The number of carbonyl (C=O) groups is 4. The molecule has 1 aliphatic heterocycles. The molecule has 7 heteroatoms. The summed E-state index contributed by atoms with van der Waals surface area (Å²) in [6, 6.07) is 0. The molecule has 1 heterocycles. The first-order chi connectivity index (χ1) is 10.0. The van der Waals surface area contributed by atoms with Gasteiger partial charge in [-0.2, -0.15) is 0 Å². The van der Waals surface area contributed by atoms with Gasteiger partial charge in [0.05, 0.1) is 13.7 Å². The van der Waals surface area contributed by atoms with E-state index in [9.17, 15) is 19.2 Å². The number of ether oxygens (including phenoxy) is 2. The third kappa shape index (κ3) is 4.05. The predicted molar refractivity (Wildman–Crippen MR) is 77.2 cm³/mol. The highest BCUT2D eigenvalue weighted by Gasteiger charge is 2.54. The van der Waals surface area contributed by atoms with E-state index in [0.717, 1.165) is 0 Å². The maximum Gasteiger partial charge on any atom is 0.410 e. The highest BCUT2D eigenvalue weighted by atomic mass is 16.6. The average Bonchev–Trinajstić information content (AvgIpc) is 2.72. The second-order valence-electron chi connectivity index (χ2n) is 6.54. The molecular formula is C15H23NO6. The van der Waals surface area contributed by atoms with Gasteiger partial charge in [-0.05, 0) is 34.1 Å². The number of rotatable bonds is 4. The van der Waals surface area contributed by atoms with Crippen LogP contribution in [0.3, 0.4) is 0 Å². The van der Waals surface area contributed by atoms with Gasteiger partial charge in [-0.15, -0.1) is 0 Å². The van der Waals surface area contributed by atoms with Crippen LogP contribution < -0.4 is 0 Å². The smallest absolute Gasteiger partial charge is 0.410 e. The van der Waals surface area contributed by atoms with Gasteiger partial charge in [0, 0.05) is 13.0 Å². The maximum absolute atomic E-state index is 12.3. The fourth-order valence-electron chi connectivity index (χ4n) is 2.33. The molecule has 1 amide bonds. The molecule has 0 N–H and O–H groups in total. The fourth-order valence-corrected chi connectivity index (χ4v) is 2.33. The lowest BCUT2D eigenvalue weighted by Gasteiger charge is -2.26. The Morgan fingerprint density at radius 2 is 1.86 bits per heavy atom. The number of amides is 1. The number of hydrogen-bond acceptors (Lipinski definition) is 6. The molecule has 0 bridgehead atoms. The van der Waals surface area contributed by atoms with Gasteiger partial charge < -0.3 is 14.3 Å². The predicted octanol–water partition coefficient (Wildman–Crippen LogP) is 1.33. The van der Waals surface area contributed by atoms with E-state index in [1.807, 2.05) is 0 Å². The summed E-state index contributed by atoms with van der Waals surface area (Å²) in [4.78, 5) is 48.9. The van der Waals surface area contributed by atoms with Crippen LogP contribution in [-0.4, -0.2) is 54.3 Å². The summed E-state index contributed by atoms with van der Waals surface area (Å²) in [7, 11) is 1.18. The maximum atomic E-state index is 12.3. The van der Waals surface area contributed by atoms with E-state index < -0.39 is 28.9 Å². The van der Waals surface area contributed by atoms with Crippen molar-refractivity contribution in [2.24, 2.45) is 5.41 Å². The highest BCUT2D eigenvalue weighted by Crippen LogP contribution is 2.34. The van der Waals surface area contributed by atoms with E-state index >= 15 is 0 Å². The standard InChI is InChI=1S/C15H23NO6/c1-10(17)6-7-15(12(19)21-5)9-16(8-11(15)18)13(20)22-14(2,3)4/h6-9H2,1-5H3/t15-/m0/s1. The summed E-state index contributed by atoms with van der Waals surface area (Å²) in [6.45, 7) is 6.18. The van der Waals surface area contributed by atoms with E-state index in [1.54, 1.807) is 20.8 Å². The molecule has 0 aliphatic carbocycles. The Balaban J connectivity index is 2.95. The van der Waals surface area contributed by atoms with Crippen molar-refractivity contribution in [2.75, 3.05) is 20.2 Å². The van der Waals surface area contributed by atoms with Crippen molar-refractivity contribution in [1.82, 2.24) is 4.90 Å². The summed E-state index contributed by atoms with van der Waals surface area (Å²) in [5.41, 5.74) is -2.17. The number of ketones is 2. The number of methoxy groups -OCH3 is 1. The van der Waals surface area contributed by atoms with Crippen LogP contribution >= 0.6 is 0 Å². The Morgan fingerprint density at radius 1 is 1.27 bits per heavy atom. The van der Waals surface area contributed by atoms with Crippen LogP contribution in [-0.2, 0) is 23.9 Å². The van der Waals surface area contributed by atoms with Crippen molar-refractivity contribution >= 4 is 23.6 Å². The second-order valence-corrected chi connectivity index (χ2v) is 6.54. The van der Waals surface area contributed by atoms with Gasteiger partial charge in [0.25, 0.3) is 0 Å². The lowest BCUT2D eigenvalue weighted by molar-refractivity contribution is -0.156. The molecule has 0 aromatic heterocycles. The van der Waals surface area contributed by atoms with Gasteiger partial charge in [-0.1, -0.05) is 0 Å². The van der Waals surface area contributed by atoms with Crippen molar-refractivity contribution in [2.45, 2.75) is 46.1 Å². The van der Waals surface area contributed by atoms with E-state index in [0.29, 0.717) is 0 Å². The lowest BCUT2D eigenvalue weighted by atomic mass is 9.81. The summed E-state index contributed by atoms with van der Waals surface area (Å²) in [6.07, 6.45) is -0.551. The number of carbonyl (C=O) groups excluding carboxylic acids is 4. The minimum Gasteiger partial charge on any atom is -0.468 e. The first kappa shape index (κ1) is 18.1. The van der Waals surface area contributed by atoms with Crippen LogP contribution in [0.15, 0.2) is 0 Å². The molecular weight excluding hydrogens is 290 g/mol. The Morgan fingerprint density at radius 3 is 2.32 bits per heavy atom. The minimum atomic E-state index is -1.47. The molecule has 1 fully saturated rings. The van der Waals surface area contributed by atoms with E-state index in [-0.39, 0.29) is 31.7 Å². The topological polar surface area (TPSA) is 90.0 Å². The van der Waals surface area contributed by atoms with E-state index in [2.05, 4.69) is 0 Å². The molecule has 0 aromatic rings. The van der Waals surface area contributed by atoms with Crippen molar-refractivity contribution in [3.8, 4) is 0 Å². The van der Waals surface area contributed by atoms with Crippen LogP contribution in [0, 0.1) is 5.41 Å². The van der Waals surface area contributed by atoms with Gasteiger partial charge in [-0.3, -0.25) is 14.5 Å². The number of esters is 1. The molecule has 0 unspecified atom stereocenters. The molecule has 1 atom stereocenters. The zero-order valence-corrected chi connectivity index (χ0v) is 13.7. The number of nitrogens with zero attached hydrogens (tertiary/aromatic N) is 1. The Hall–Kier alpha value is -1.92. The van der Waals surface area contributed by atoms with Crippen LogP contribution in [0.2, 0.25) is 0 Å². The van der Waals surface area contributed by atoms with Crippen LogP contribution in [0.25, 0.3) is 0 Å². The molecule has 1 aliphatic rings. The number of Topliss-reactive ketones (excluding diaryl/α,β-unsaturated/α-hetero) is 2. The number of likely N-dealkylation sites (tertiary alicyclic amines) is 1. The molecule has 124 valence electrons. The Bertz CT molecular complexity index is 493. The second kappa shape index (κ2) is 6.46. The monoisotopic (exact) mass is 313 g/mol. The van der Waals surface area contributed by atoms with E-state index in [1.165, 1.54) is 18.9 Å². The first-order valence-electron chi connectivity index (χ1n) is 7.11. The van der Waals surface area contributed by atoms with Gasteiger partial charge in [0.1, 0.15) is 16.8 Å². The normalized spacial score (nSPS) is 21.7. The molecule has 1 saturated heterocycles. The van der Waals surface area contributed by atoms with Gasteiger partial charge in [0.15, 0.2) is 5.78 Å². The summed E-state index contributed by atoms with van der Waals surface area (Å²) in [5, 5.41) is 0. The molecule has 7 nitrogen and oxygen atoms in total. The fraction of sp³-hybridized carbons (Fsp3) is 0.733. The molecule has 0 saturated carbocycles. The van der Waals surface area contributed by atoms with E-state index in [4.69, 9.17) is 9.47 Å². The molecule has 0 spiro atoms. The van der Waals surface area contributed by atoms with Crippen molar-refractivity contribution in [3.63, 3.8) is 0 Å². The largest absolute Gasteiger partial charge is 0.468 e. The minimum absolute atomic E-state index is 0.0349. The third-order valence-electron chi connectivity index (χ3n) is 3.46. The van der Waals surface area contributed by atoms with Crippen molar-refractivity contribution in [3.05, 3.63) is 0 Å². The van der Waals surface area contributed by atoms with Crippen LogP contribution in [0.1, 0.15) is 40.5 Å².